The standard InChI is InChI=1S/C8H17NO/c1-7(2)6-8(3,4)9(7)10-5/h6H2,1-5H3. The molecule has 0 amide bonds. The van der Waals surface area contributed by atoms with Crippen LogP contribution < -0.4 is 0 Å². The van der Waals surface area contributed by atoms with Crippen molar-refractivity contribution in [2.75, 3.05) is 7.11 Å². The summed E-state index contributed by atoms with van der Waals surface area (Å²) in [7, 11) is 1.74. The van der Waals surface area contributed by atoms with E-state index < -0.39 is 0 Å². The molecule has 60 valence electrons. The van der Waals surface area contributed by atoms with Crippen molar-refractivity contribution in [3.05, 3.63) is 0 Å². The van der Waals surface area contributed by atoms with Crippen molar-refractivity contribution < 1.29 is 4.84 Å². The Hall–Kier alpha value is -0.0800. The van der Waals surface area contributed by atoms with Crippen LogP contribution in [-0.4, -0.2) is 23.3 Å². The van der Waals surface area contributed by atoms with Crippen LogP contribution in [0.1, 0.15) is 34.1 Å². The van der Waals surface area contributed by atoms with E-state index in [1.807, 2.05) is 0 Å². The molecular formula is C8H17NO. The number of hydrogen-bond acceptors (Lipinski definition) is 2. The average molecular weight is 143 g/mol. The fourth-order valence-corrected chi connectivity index (χ4v) is 2.42. The molecule has 1 rings (SSSR count). The third-order valence-electron chi connectivity index (χ3n) is 2.15. The molecule has 10 heavy (non-hydrogen) atoms. The highest BCUT2D eigenvalue weighted by Crippen LogP contribution is 2.43. The molecule has 1 aliphatic heterocycles. The quantitative estimate of drug-likeness (QED) is 0.555. The highest BCUT2D eigenvalue weighted by Gasteiger charge is 2.51. The topological polar surface area (TPSA) is 12.5 Å². The van der Waals surface area contributed by atoms with Gasteiger partial charge in [-0.15, -0.1) is 0 Å². The van der Waals surface area contributed by atoms with Gasteiger partial charge in [0.15, 0.2) is 0 Å². The minimum Gasteiger partial charge on any atom is -0.301 e. The molecule has 1 fully saturated rings. The lowest BCUT2D eigenvalue weighted by Crippen LogP contribution is -2.67. The van der Waals surface area contributed by atoms with E-state index in [4.69, 9.17) is 4.84 Å². The summed E-state index contributed by atoms with van der Waals surface area (Å²) in [5.41, 5.74) is 0.469. The smallest absolute Gasteiger partial charge is 0.0575 e. The number of hydroxylamine groups is 2. The molecule has 0 atom stereocenters. The maximum absolute atomic E-state index is 5.25. The highest BCUT2D eigenvalue weighted by atomic mass is 16.7. The third-order valence-corrected chi connectivity index (χ3v) is 2.15. The van der Waals surface area contributed by atoms with E-state index in [0.717, 1.165) is 0 Å². The molecule has 1 saturated heterocycles. The summed E-state index contributed by atoms with van der Waals surface area (Å²) in [6.45, 7) is 8.78. The van der Waals surface area contributed by atoms with Crippen LogP contribution in [0.15, 0.2) is 0 Å². The number of rotatable bonds is 1. The first kappa shape index (κ1) is 8.02. The van der Waals surface area contributed by atoms with Crippen molar-refractivity contribution >= 4 is 0 Å². The van der Waals surface area contributed by atoms with E-state index >= 15 is 0 Å². The van der Waals surface area contributed by atoms with Gasteiger partial charge in [-0.1, -0.05) is 0 Å². The van der Waals surface area contributed by atoms with Crippen LogP contribution >= 0.6 is 0 Å². The maximum Gasteiger partial charge on any atom is 0.0575 e. The molecule has 0 saturated carbocycles. The molecule has 0 aromatic carbocycles. The molecule has 1 heterocycles. The molecule has 0 spiro atoms. The predicted molar refractivity (Wildman–Crippen MR) is 41.6 cm³/mol. The fourth-order valence-electron chi connectivity index (χ4n) is 2.42. The minimum atomic E-state index is 0.234. The highest BCUT2D eigenvalue weighted by molar-refractivity contribution is 5.02. The van der Waals surface area contributed by atoms with E-state index in [9.17, 15) is 0 Å². The molecule has 1 aliphatic rings. The summed E-state index contributed by atoms with van der Waals surface area (Å²) >= 11 is 0. The van der Waals surface area contributed by atoms with Gasteiger partial charge in [0.1, 0.15) is 0 Å². The second kappa shape index (κ2) is 1.95. The SMILES string of the molecule is CON1C(C)(C)CC1(C)C. The van der Waals surface area contributed by atoms with Gasteiger partial charge in [0, 0.05) is 11.1 Å². The summed E-state index contributed by atoms with van der Waals surface area (Å²) in [6.07, 6.45) is 1.20. The Morgan fingerprint density at radius 1 is 1.10 bits per heavy atom. The van der Waals surface area contributed by atoms with Crippen LogP contribution in [0.4, 0.5) is 0 Å². The van der Waals surface area contributed by atoms with Gasteiger partial charge >= 0.3 is 0 Å². The van der Waals surface area contributed by atoms with Gasteiger partial charge in [-0.05, 0) is 34.1 Å². The largest absolute Gasteiger partial charge is 0.301 e. The fraction of sp³-hybridized carbons (Fsp3) is 1.00. The Morgan fingerprint density at radius 3 is 1.60 bits per heavy atom. The van der Waals surface area contributed by atoms with Crippen LogP contribution in [-0.2, 0) is 4.84 Å². The monoisotopic (exact) mass is 143 g/mol. The Balaban J connectivity index is 2.64. The second-order valence-electron chi connectivity index (χ2n) is 4.28. The molecule has 0 bridgehead atoms. The van der Waals surface area contributed by atoms with Crippen LogP contribution in [0.2, 0.25) is 0 Å². The van der Waals surface area contributed by atoms with Crippen molar-refractivity contribution in [1.82, 2.24) is 5.06 Å². The molecule has 0 aliphatic carbocycles. The van der Waals surface area contributed by atoms with Gasteiger partial charge in [0.05, 0.1) is 7.11 Å². The zero-order valence-electron chi connectivity index (χ0n) is 7.56. The third kappa shape index (κ3) is 0.956. The second-order valence-corrected chi connectivity index (χ2v) is 4.28. The van der Waals surface area contributed by atoms with E-state index in [2.05, 4.69) is 32.8 Å². The van der Waals surface area contributed by atoms with Gasteiger partial charge in [-0.2, -0.15) is 5.06 Å². The van der Waals surface area contributed by atoms with E-state index in [1.54, 1.807) is 7.11 Å². The van der Waals surface area contributed by atoms with Gasteiger partial charge in [-0.3, -0.25) is 0 Å². The van der Waals surface area contributed by atoms with Crippen LogP contribution in [0.3, 0.4) is 0 Å². The summed E-state index contributed by atoms with van der Waals surface area (Å²) in [6, 6.07) is 0. The normalized spacial score (nSPS) is 29.7. The molecule has 0 aromatic heterocycles. The molecule has 0 N–H and O–H groups in total. The van der Waals surface area contributed by atoms with Crippen LogP contribution in [0.25, 0.3) is 0 Å². The first-order chi connectivity index (χ1) is 4.40. The van der Waals surface area contributed by atoms with Crippen molar-refractivity contribution in [2.45, 2.75) is 45.2 Å². The molecule has 0 aromatic rings. The Bertz CT molecular complexity index is 126. The van der Waals surface area contributed by atoms with Gasteiger partial charge in [-0.25, -0.2) is 0 Å². The first-order valence-electron chi connectivity index (χ1n) is 3.75. The van der Waals surface area contributed by atoms with E-state index in [-0.39, 0.29) is 11.1 Å². The summed E-state index contributed by atoms with van der Waals surface area (Å²) in [5.74, 6) is 0. The van der Waals surface area contributed by atoms with Crippen molar-refractivity contribution in [1.29, 1.82) is 0 Å². The molecule has 0 unspecified atom stereocenters. The maximum atomic E-state index is 5.25. The Labute approximate surface area is 63.1 Å². The van der Waals surface area contributed by atoms with Crippen LogP contribution in [0.5, 0.6) is 0 Å². The average Bonchev–Trinajstić information content (AvgIpc) is 1.59. The van der Waals surface area contributed by atoms with Gasteiger partial charge in [0.25, 0.3) is 0 Å². The van der Waals surface area contributed by atoms with E-state index in [0.29, 0.717) is 0 Å². The molecule has 2 heteroatoms. The lowest BCUT2D eigenvalue weighted by atomic mass is 9.75. The molecular weight excluding hydrogens is 126 g/mol. The summed E-state index contributed by atoms with van der Waals surface area (Å²) in [5, 5.41) is 2.06. The zero-order chi connectivity index (χ0) is 7.99. The first-order valence-corrected chi connectivity index (χ1v) is 3.75. The van der Waals surface area contributed by atoms with Crippen molar-refractivity contribution in [3.8, 4) is 0 Å². The number of hydrogen-bond donors (Lipinski definition) is 0. The van der Waals surface area contributed by atoms with Gasteiger partial charge in [0.2, 0.25) is 0 Å². The summed E-state index contributed by atoms with van der Waals surface area (Å²) < 4.78 is 0. The Morgan fingerprint density at radius 2 is 1.50 bits per heavy atom. The summed E-state index contributed by atoms with van der Waals surface area (Å²) in [4.78, 5) is 5.25. The zero-order valence-corrected chi connectivity index (χ0v) is 7.56. The van der Waals surface area contributed by atoms with E-state index in [1.165, 1.54) is 6.42 Å². The van der Waals surface area contributed by atoms with Crippen molar-refractivity contribution in [2.24, 2.45) is 0 Å². The van der Waals surface area contributed by atoms with Crippen molar-refractivity contribution in [3.63, 3.8) is 0 Å². The number of nitrogens with zero attached hydrogens (tertiary/aromatic N) is 1. The molecule has 0 radical (unpaired) electrons. The Kier molecular flexibility index (Phi) is 1.57. The lowest BCUT2D eigenvalue weighted by molar-refractivity contribution is -0.316. The van der Waals surface area contributed by atoms with Crippen LogP contribution in [0, 0.1) is 0 Å². The molecule has 2 nitrogen and oxygen atoms in total. The van der Waals surface area contributed by atoms with Gasteiger partial charge < -0.3 is 4.84 Å². The predicted octanol–water partition coefficient (Wildman–Crippen LogP) is 1.81. The lowest BCUT2D eigenvalue weighted by Gasteiger charge is -2.58. The minimum absolute atomic E-state index is 0.234.